The lowest BCUT2D eigenvalue weighted by molar-refractivity contribution is -0.385. The number of nitrogens with one attached hydrogen (secondary N) is 1. The Kier molecular flexibility index (Phi) is 4.47. The summed E-state index contributed by atoms with van der Waals surface area (Å²) in [5, 5.41) is 10.8. The number of rotatable bonds is 4. The van der Waals surface area contributed by atoms with Gasteiger partial charge in [-0.2, -0.15) is 0 Å². The van der Waals surface area contributed by atoms with Crippen LogP contribution in [0.25, 0.3) is 0 Å². The molecule has 0 spiro atoms. The summed E-state index contributed by atoms with van der Waals surface area (Å²) in [6.45, 7) is 1.59. The minimum atomic E-state index is -3.87. The Morgan fingerprint density at radius 2 is 1.76 bits per heavy atom. The lowest BCUT2D eigenvalue weighted by Crippen LogP contribution is -2.14. The molecule has 0 aliphatic heterocycles. The topological polar surface area (TPSA) is 89.3 Å². The van der Waals surface area contributed by atoms with E-state index in [0.29, 0.717) is 11.3 Å². The molecule has 2 aromatic rings. The number of sulfonamides is 1. The van der Waals surface area contributed by atoms with E-state index in [-0.39, 0.29) is 10.6 Å². The van der Waals surface area contributed by atoms with E-state index in [1.54, 1.807) is 31.2 Å². The maximum Gasteiger partial charge on any atom is 0.270 e. The molecule has 110 valence electrons. The molecule has 0 heterocycles. The Balaban J connectivity index is 2.41. The highest BCUT2D eigenvalue weighted by Gasteiger charge is 2.20. The van der Waals surface area contributed by atoms with Gasteiger partial charge in [-0.25, -0.2) is 8.42 Å². The molecule has 0 saturated carbocycles. The molecule has 0 radical (unpaired) electrons. The number of hydrogen-bond acceptors (Lipinski definition) is 4. The van der Waals surface area contributed by atoms with Gasteiger partial charge in [0.05, 0.1) is 9.82 Å². The summed E-state index contributed by atoms with van der Waals surface area (Å²) in [6.07, 6.45) is 0. The van der Waals surface area contributed by atoms with Crippen LogP contribution in [0, 0.1) is 20.6 Å². The number of nitrogens with zero attached hydrogens (tertiary/aromatic N) is 1. The summed E-state index contributed by atoms with van der Waals surface area (Å²) >= 11 is 2.11. The van der Waals surface area contributed by atoms with E-state index in [1.165, 1.54) is 12.1 Å². The highest BCUT2D eigenvalue weighted by atomic mass is 127. The van der Waals surface area contributed by atoms with Crippen molar-refractivity contribution in [3.8, 4) is 0 Å². The molecule has 1 N–H and O–H groups in total. The molecule has 6 nitrogen and oxygen atoms in total. The van der Waals surface area contributed by atoms with Gasteiger partial charge in [-0.15, -0.1) is 0 Å². The molecular weight excluding hydrogens is 407 g/mol. The van der Waals surface area contributed by atoms with Gasteiger partial charge in [0, 0.05) is 21.4 Å². The predicted octanol–water partition coefficient (Wildman–Crippen LogP) is 3.31. The Bertz CT molecular complexity index is 788. The van der Waals surface area contributed by atoms with E-state index in [2.05, 4.69) is 27.3 Å². The van der Waals surface area contributed by atoms with E-state index >= 15 is 0 Å². The van der Waals surface area contributed by atoms with Crippen molar-refractivity contribution in [2.45, 2.75) is 11.8 Å². The van der Waals surface area contributed by atoms with Crippen LogP contribution in [-0.4, -0.2) is 13.3 Å². The van der Waals surface area contributed by atoms with Crippen LogP contribution >= 0.6 is 22.6 Å². The summed E-state index contributed by atoms with van der Waals surface area (Å²) in [5.74, 6) is 0. The minimum Gasteiger partial charge on any atom is -0.280 e. The summed E-state index contributed by atoms with van der Waals surface area (Å²) in [5.41, 5.74) is 0.587. The zero-order valence-corrected chi connectivity index (χ0v) is 13.9. The molecule has 2 rings (SSSR count). The van der Waals surface area contributed by atoms with Gasteiger partial charge in [0.1, 0.15) is 0 Å². The van der Waals surface area contributed by atoms with Gasteiger partial charge in [-0.1, -0.05) is 6.07 Å². The number of nitro benzene ring substituents is 1. The lowest BCUT2D eigenvalue weighted by atomic mass is 10.2. The number of aryl methyl sites for hydroxylation is 1. The second kappa shape index (κ2) is 5.98. The molecule has 21 heavy (non-hydrogen) atoms. The van der Waals surface area contributed by atoms with Crippen molar-refractivity contribution >= 4 is 44.0 Å². The van der Waals surface area contributed by atoms with Crippen LogP contribution in [-0.2, 0) is 10.0 Å². The van der Waals surface area contributed by atoms with Gasteiger partial charge >= 0.3 is 0 Å². The van der Waals surface area contributed by atoms with Gasteiger partial charge in [0.25, 0.3) is 15.7 Å². The van der Waals surface area contributed by atoms with Crippen LogP contribution in [0.3, 0.4) is 0 Å². The summed E-state index contributed by atoms with van der Waals surface area (Å²) in [4.78, 5) is 10.1. The average Bonchev–Trinajstić information content (AvgIpc) is 2.41. The van der Waals surface area contributed by atoms with Crippen molar-refractivity contribution in [2.24, 2.45) is 0 Å². The third-order valence-corrected chi connectivity index (χ3v) is 5.01. The van der Waals surface area contributed by atoms with E-state index in [0.717, 1.165) is 9.64 Å². The molecule has 0 fully saturated rings. The van der Waals surface area contributed by atoms with Crippen molar-refractivity contribution in [3.05, 3.63) is 61.7 Å². The molecule has 0 unspecified atom stereocenters. The summed E-state index contributed by atoms with van der Waals surface area (Å²) in [6, 6.07) is 10.5. The Labute approximate surface area is 135 Å². The van der Waals surface area contributed by atoms with E-state index < -0.39 is 14.9 Å². The fourth-order valence-corrected chi connectivity index (χ4v) is 3.40. The number of halogens is 1. The van der Waals surface area contributed by atoms with Crippen LogP contribution in [0.4, 0.5) is 11.4 Å². The SMILES string of the molecule is Cc1ccc([N+](=O)[O-])cc1S(=O)(=O)Nc1ccc(I)cc1. The van der Waals surface area contributed by atoms with Gasteiger partial charge in [0.2, 0.25) is 0 Å². The van der Waals surface area contributed by atoms with Crippen molar-refractivity contribution in [1.82, 2.24) is 0 Å². The van der Waals surface area contributed by atoms with E-state index in [9.17, 15) is 18.5 Å². The Hall–Kier alpha value is -1.68. The first-order valence-corrected chi connectivity index (χ1v) is 8.39. The van der Waals surface area contributed by atoms with Crippen molar-refractivity contribution in [3.63, 3.8) is 0 Å². The maximum absolute atomic E-state index is 12.3. The zero-order valence-electron chi connectivity index (χ0n) is 10.9. The standard InChI is InChI=1S/C13H11IN2O4S/c1-9-2-7-12(16(17)18)8-13(9)21(19,20)15-11-5-3-10(14)4-6-11/h2-8,15H,1H3. The normalized spacial score (nSPS) is 11.1. The molecule has 0 aliphatic carbocycles. The molecule has 0 saturated heterocycles. The quantitative estimate of drug-likeness (QED) is 0.469. The van der Waals surface area contributed by atoms with E-state index in [1.807, 2.05) is 0 Å². The third-order valence-electron chi connectivity index (χ3n) is 2.77. The van der Waals surface area contributed by atoms with Gasteiger partial charge < -0.3 is 0 Å². The molecule has 0 amide bonds. The monoisotopic (exact) mass is 418 g/mol. The second-order valence-corrected chi connectivity index (χ2v) is 7.22. The van der Waals surface area contributed by atoms with Crippen molar-refractivity contribution < 1.29 is 13.3 Å². The fraction of sp³-hybridized carbons (Fsp3) is 0.0769. The minimum absolute atomic E-state index is 0.102. The number of anilines is 1. The summed E-state index contributed by atoms with van der Waals surface area (Å²) in [7, 11) is -3.87. The van der Waals surface area contributed by atoms with Crippen molar-refractivity contribution in [1.29, 1.82) is 0 Å². The first-order chi connectivity index (χ1) is 9.79. The van der Waals surface area contributed by atoms with Crippen LogP contribution in [0.2, 0.25) is 0 Å². The van der Waals surface area contributed by atoms with Gasteiger partial charge in [-0.3, -0.25) is 14.8 Å². The molecule has 0 atom stereocenters. The van der Waals surface area contributed by atoms with Crippen LogP contribution in [0.5, 0.6) is 0 Å². The van der Waals surface area contributed by atoms with E-state index in [4.69, 9.17) is 0 Å². The van der Waals surface area contributed by atoms with Crippen molar-refractivity contribution in [2.75, 3.05) is 4.72 Å². The molecule has 8 heteroatoms. The lowest BCUT2D eigenvalue weighted by Gasteiger charge is -2.10. The number of benzene rings is 2. The molecule has 0 bridgehead atoms. The highest BCUT2D eigenvalue weighted by Crippen LogP contribution is 2.24. The van der Waals surface area contributed by atoms with Crippen LogP contribution < -0.4 is 4.72 Å². The highest BCUT2D eigenvalue weighted by molar-refractivity contribution is 14.1. The molecule has 0 aliphatic rings. The third kappa shape index (κ3) is 3.70. The fourth-order valence-electron chi connectivity index (χ4n) is 1.72. The Morgan fingerprint density at radius 3 is 2.33 bits per heavy atom. The number of nitro groups is 1. The van der Waals surface area contributed by atoms with Crippen LogP contribution in [0.15, 0.2) is 47.4 Å². The first kappa shape index (κ1) is 15.7. The smallest absolute Gasteiger partial charge is 0.270 e. The summed E-state index contributed by atoms with van der Waals surface area (Å²) < 4.78 is 28.1. The molecule has 2 aromatic carbocycles. The number of hydrogen-bond donors (Lipinski definition) is 1. The second-order valence-electron chi connectivity index (χ2n) is 4.32. The maximum atomic E-state index is 12.3. The first-order valence-electron chi connectivity index (χ1n) is 5.83. The molecular formula is C13H11IN2O4S. The predicted molar refractivity (Wildman–Crippen MR) is 87.8 cm³/mol. The number of non-ortho nitro benzene ring substituents is 1. The van der Waals surface area contributed by atoms with Gasteiger partial charge in [-0.05, 0) is 59.3 Å². The molecule has 0 aromatic heterocycles. The van der Waals surface area contributed by atoms with Gasteiger partial charge in [0.15, 0.2) is 0 Å². The zero-order chi connectivity index (χ0) is 15.6. The largest absolute Gasteiger partial charge is 0.280 e. The Morgan fingerprint density at radius 1 is 1.14 bits per heavy atom. The average molecular weight is 418 g/mol. The van der Waals surface area contributed by atoms with Crippen LogP contribution in [0.1, 0.15) is 5.56 Å².